The number of hydrogen-bond acceptors (Lipinski definition) is 3. The predicted octanol–water partition coefficient (Wildman–Crippen LogP) is 14.1. The zero-order valence-electron chi connectivity index (χ0n) is 39.9. The summed E-state index contributed by atoms with van der Waals surface area (Å²) in [7, 11) is 0. The molecule has 308 valence electrons. The second kappa shape index (κ2) is 14.3. The minimum atomic E-state index is -2.45. The standard InChI is InChI=1S/C57H38N4OS.Pt/c1-36-29-56(58-34-45(36)37-15-4-3-5-16-37)61-52-31-40(62-39-18-14-17-38(30-39)60-35-59(2)50-23-10-11-24-51(50)60)27-28-42(52)44-32-43-41-19-6-7-20-46(41)57(49(43)33-53(44)61)47-21-8-12-25-54(47)63-55-26-13-9-22-48(55)57;/h3-34H,1-2H3;/i1D3,2D3;. The van der Waals surface area contributed by atoms with E-state index in [1.54, 1.807) is 24.0 Å². The number of ether oxygens (including phenoxy) is 1. The fraction of sp³-hybridized carbons (Fsp3) is 0.0526. The van der Waals surface area contributed by atoms with Crippen LogP contribution in [0.2, 0.25) is 0 Å². The Morgan fingerprint density at radius 1 is 0.547 bits per heavy atom. The molecular formula is C57H38N4OPtS. The van der Waals surface area contributed by atoms with Crippen molar-refractivity contribution in [3.63, 3.8) is 0 Å². The molecule has 3 aromatic heterocycles. The van der Waals surface area contributed by atoms with E-state index in [4.69, 9.17) is 17.9 Å². The number of aromatic nitrogens is 4. The third-order valence-corrected chi connectivity index (χ3v) is 15.1. The molecule has 4 heterocycles. The average molecular weight is 1030 g/mol. The van der Waals surface area contributed by atoms with E-state index < -0.39 is 19.2 Å². The van der Waals surface area contributed by atoms with E-state index >= 15 is 0 Å². The molecule has 0 N–H and O–H groups in total. The van der Waals surface area contributed by atoms with E-state index in [1.807, 2.05) is 95.6 Å². The van der Waals surface area contributed by atoms with Crippen molar-refractivity contribution in [2.24, 2.45) is 6.98 Å². The molecule has 7 heteroatoms. The van der Waals surface area contributed by atoms with Crippen molar-refractivity contribution in [3.05, 3.63) is 226 Å². The summed E-state index contributed by atoms with van der Waals surface area (Å²) in [5.41, 5.74) is 11.7. The van der Waals surface area contributed by atoms with Crippen LogP contribution in [-0.4, -0.2) is 18.7 Å². The zero-order chi connectivity index (χ0) is 47.7. The molecule has 64 heavy (non-hydrogen) atoms. The van der Waals surface area contributed by atoms with Crippen LogP contribution in [0.1, 0.15) is 36.0 Å². The van der Waals surface area contributed by atoms with Crippen LogP contribution in [0.3, 0.4) is 0 Å². The Hall–Kier alpha value is -6.98. The van der Waals surface area contributed by atoms with Gasteiger partial charge in [0.15, 0.2) is 0 Å². The molecule has 1 aliphatic heterocycles. The van der Waals surface area contributed by atoms with Crippen LogP contribution >= 0.6 is 11.8 Å². The van der Waals surface area contributed by atoms with Gasteiger partial charge < -0.3 is 0 Å². The van der Waals surface area contributed by atoms with Crippen LogP contribution < -0.4 is 4.74 Å². The summed E-state index contributed by atoms with van der Waals surface area (Å²) < 4.78 is 64.2. The number of hydrogen-bond donors (Lipinski definition) is 0. The molecule has 5 nitrogen and oxygen atoms in total. The molecule has 0 amide bonds. The Bertz CT molecular complexity index is 4000. The van der Waals surface area contributed by atoms with Crippen LogP contribution in [-0.2, 0) is 31.7 Å². The predicted molar refractivity (Wildman–Crippen MR) is 256 cm³/mol. The first-order valence-electron chi connectivity index (χ1n) is 24.0. The Kier molecular flexibility index (Phi) is 7.09. The first kappa shape index (κ1) is 31.8. The van der Waals surface area contributed by atoms with Gasteiger partial charge in [0.1, 0.15) is 0 Å². The van der Waals surface area contributed by atoms with Crippen molar-refractivity contribution in [1.82, 2.24) is 18.7 Å². The number of pyridine rings is 1. The van der Waals surface area contributed by atoms with E-state index in [-0.39, 0.29) is 5.56 Å². The van der Waals surface area contributed by atoms with E-state index in [2.05, 4.69) is 115 Å². The summed E-state index contributed by atoms with van der Waals surface area (Å²) in [5, 5.41) is 1.94. The summed E-state index contributed by atoms with van der Waals surface area (Å²) in [6.45, 7) is -4.84. The SMILES string of the molecule is [2H]C([2H])([2H])c1cc(-n2c3cc(Oc4cccc(-n5[c](=[Pt])n(C([2H])([2H])[2H])c6ccccc65)c4)ccc3c3cc4c(cc32)C2(c3ccccc3Sc3ccccc32)c2ccccc2-4)ncc1-c1ccccc1. The maximum absolute atomic E-state index is 8.82. The van der Waals surface area contributed by atoms with Crippen molar-refractivity contribution < 1.29 is 32.3 Å². The number of benzene rings is 8. The smallest absolute Gasteiger partial charge is 0.0894 e. The van der Waals surface area contributed by atoms with Crippen molar-refractivity contribution in [2.75, 3.05) is 0 Å². The quantitative estimate of drug-likeness (QED) is 0.172. The van der Waals surface area contributed by atoms with Crippen molar-refractivity contribution >= 4 is 44.6 Å². The third-order valence-electron chi connectivity index (χ3n) is 12.9. The Morgan fingerprint density at radius 2 is 1.25 bits per heavy atom. The minimum absolute atomic E-state index is 0.201. The molecule has 1 aliphatic carbocycles. The zero-order valence-corrected chi connectivity index (χ0v) is 37.0. The van der Waals surface area contributed by atoms with Crippen LogP contribution in [0.15, 0.2) is 204 Å². The molecule has 0 radical (unpaired) electrons. The molecule has 0 fully saturated rings. The summed E-state index contributed by atoms with van der Waals surface area (Å²) in [6.07, 6.45) is 1.69. The first-order chi connectivity index (χ1) is 33.9. The molecule has 2 aliphatic rings. The summed E-state index contributed by atoms with van der Waals surface area (Å²) >= 11 is 3.88. The van der Waals surface area contributed by atoms with Gasteiger partial charge in [0, 0.05) is 25.7 Å². The van der Waals surface area contributed by atoms with Crippen molar-refractivity contribution in [2.45, 2.75) is 22.1 Å². The van der Waals surface area contributed by atoms with Crippen LogP contribution in [0.5, 0.6) is 11.5 Å². The number of imidazole rings is 1. The van der Waals surface area contributed by atoms with Gasteiger partial charge in [0.05, 0.1) is 5.41 Å². The normalized spacial score (nSPS) is 15.1. The molecule has 8 aromatic carbocycles. The van der Waals surface area contributed by atoms with Gasteiger partial charge in [-0.3, -0.25) is 0 Å². The number of rotatable bonds is 5. The Labute approximate surface area is 393 Å². The average Bonchev–Trinajstić information content (AvgIpc) is 3.96. The van der Waals surface area contributed by atoms with E-state index in [0.29, 0.717) is 32.2 Å². The minimum Gasteiger partial charge on any atom is -0.0894 e. The summed E-state index contributed by atoms with van der Waals surface area (Å²) in [4.78, 5) is 7.52. The fourth-order valence-corrected chi connectivity index (χ4v) is 12.3. The third kappa shape index (κ3) is 5.36. The molecule has 1 spiro atoms. The van der Waals surface area contributed by atoms with Gasteiger partial charge in [0.2, 0.25) is 0 Å². The molecular weight excluding hydrogens is 984 g/mol. The number of nitrogens with zero attached hydrogens (tertiary/aromatic N) is 4. The van der Waals surface area contributed by atoms with Crippen molar-refractivity contribution in [3.8, 4) is 45.3 Å². The second-order valence-corrected chi connectivity index (χ2v) is 18.4. The van der Waals surface area contributed by atoms with E-state index in [9.17, 15) is 0 Å². The Balaban J connectivity index is 1.05. The second-order valence-electron chi connectivity index (χ2n) is 16.3. The van der Waals surface area contributed by atoms with Gasteiger partial charge in [-0.25, -0.2) is 0 Å². The maximum atomic E-state index is 8.82. The van der Waals surface area contributed by atoms with E-state index in [0.717, 1.165) is 49.7 Å². The fourth-order valence-electron chi connectivity index (χ4n) is 10.3. The van der Waals surface area contributed by atoms with Gasteiger partial charge in [0.25, 0.3) is 0 Å². The molecule has 0 bridgehead atoms. The number of para-hydroxylation sites is 2. The van der Waals surface area contributed by atoms with Crippen molar-refractivity contribution in [1.29, 1.82) is 0 Å². The van der Waals surface area contributed by atoms with Crippen LogP contribution in [0, 0.1) is 10.7 Å². The van der Waals surface area contributed by atoms with Gasteiger partial charge in [-0.15, -0.1) is 0 Å². The van der Waals surface area contributed by atoms with Crippen LogP contribution in [0.25, 0.3) is 66.6 Å². The molecule has 13 rings (SSSR count). The summed E-state index contributed by atoms with van der Waals surface area (Å²) in [5.74, 6) is 1.57. The van der Waals surface area contributed by atoms with Gasteiger partial charge in [-0.05, 0) is 63.5 Å². The van der Waals surface area contributed by atoms with Gasteiger partial charge in [-0.1, -0.05) is 103 Å². The van der Waals surface area contributed by atoms with Gasteiger partial charge >= 0.3 is 198 Å². The van der Waals surface area contributed by atoms with Gasteiger partial charge in [-0.2, -0.15) is 0 Å². The van der Waals surface area contributed by atoms with E-state index in [1.165, 1.54) is 36.6 Å². The molecule has 11 aromatic rings. The first-order valence-corrected chi connectivity index (χ1v) is 23.0. The number of aryl methyl sites for hydroxylation is 2. The monoisotopic (exact) mass is 1030 g/mol. The topological polar surface area (TPSA) is 36.9 Å². The number of fused-ring (bicyclic) bond motifs is 13. The summed E-state index contributed by atoms with van der Waals surface area (Å²) in [6, 6.07) is 63.2. The molecule has 0 saturated heterocycles. The van der Waals surface area contributed by atoms with Crippen LogP contribution in [0.4, 0.5) is 0 Å². The molecule has 0 unspecified atom stereocenters. The Morgan fingerprint density at radius 3 is 2.05 bits per heavy atom. The molecule has 0 saturated carbocycles. The molecule has 0 atom stereocenters.